The van der Waals surface area contributed by atoms with Crippen LogP contribution in [0, 0.1) is 0 Å². The van der Waals surface area contributed by atoms with E-state index in [1.54, 1.807) is 0 Å². The number of furan rings is 1. The normalized spacial score (nSPS) is 11.9. The molecule has 0 N–H and O–H groups in total. The molecule has 156 valence electrons. The Morgan fingerprint density at radius 1 is 0.719 bits per heavy atom. The largest absolute Gasteiger partial charge is 0.456 e. The molecule has 1 atom stereocenters. The second-order valence-electron chi connectivity index (χ2n) is 7.80. The van der Waals surface area contributed by atoms with E-state index in [2.05, 4.69) is 30.3 Å². The summed E-state index contributed by atoms with van der Waals surface area (Å²) < 4.78 is 11.5. The number of carbonyl (C=O) groups excluding carboxylic acids is 1. The van der Waals surface area contributed by atoms with E-state index < -0.39 is 0 Å². The third-order valence-corrected chi connectivity index (χ3v) is 5.65. The lowest BCUT2D eigenvalue weighted by Crippen LogP contribution is -2.16. The average Bonchev–Trinajstić information content (AvgIpc) is 3.29. The first kappa shape index (κ1) is 19.8. The summed E-state index contributed by atoms with van der Waals surface area (Å²) in [4.78, 5) is 12.5. The highest BCUT2D eigenvalue weighted by molar-refractivity contribution is 5.83. The quantitative estimate of drug-likeness (QED) is 0.219. The van der Waals surface area contributed by atoms with Gasteiger partial charge in [0.15, 0.2) is 0 Å². The van der Waals surface area contributed by atoms with Crippen LogP contribution in [0.2, 0.25) is 0 Å². The third kappa shape index (κ3) is 4.06. The number of carbonyl (C=O) groups is 1. The molecular weight excluding hydrogens is 396 g/mol. The number of benzene rings is 4. The molecule has 1 unspecified atom stereocenters. The van der Waals surface area contributed by atoms with Crippen molar-refractivity contribution in [3.05, 3.63) is 115 Å². The Balaban J connectivity index is 1.29. The molecule has 0 aliphatic carbocycles. The topological polar surface area (TPSA) is 39.4 Å². The van der Waals surface area contributed by atoms with Crippen molar-refractivity contribution in [2.24, 2.45) is 0 Å². The minimum absolute atomic E-state index is 0.265. The van der Waals surface area contributed by atoms with Crippen LogP contribution in [0.1, 0.15) is 18.4 Å². The van der Waals surface area contributed by atoms with E-state index in [-0.39, 0.29) is 11.9 Å². The second-order valence-corrected chi connectivity index (χ2v) is 7.80. The fraction of sp³-hybridized carbons (Fsp3) is 0.0690. The molecule has 4 aromatic carbocycles. The van der Waals surface area contributed by atoms with Crippen molar-refractivity contribution in [1.82, 2.24) is 0 Å². The van der Waals surface area contributed by atoms with Crippen LogP contribution in [0.3, 0.4) is 0 Å². The number of hydrogen-bond donors (Lipinski definition) is 0. The summed E-state index contributed by atoms with van der Waals surface area (Å²) in [5, 5.41) is 1.10. The Kier molecular flexibility index (Phi) is 5.30. The lowest BCUT2D eigenvalue weighted by Gasteiger charge is -2.12. The molecule has 1 heterocycles. The Hall–Kier alpha value is -4.11. The van der Waals surface area contributed by atoms with Gasteiger partial charge in [0.1, 0.15) is 17.1 Å². The predicted octanol–water partition coefficient (Wildman–Crippen LogP) is 7.48. The fourth-order valence-corrected chi connectivity index (χ4v) is 3.75. The van der Waals surface area contributed by atoms with Crippen molar-refractivity contribution < 1.29 is 13.9 Å². The van der Waals surface area contributed by atoms with Gasteiger partial charge in [0.25, 0.3) is 0 Å². The summed E-state index contributed by atoms with van der Waals surface area (Å²) in [5.74, 6) is 0.814. The Bertz CT molecular complexity index is 1310. The second kappa shape index (κ2) is 8.56. The van der Waals surface area contributed by atoms with Crippen molar-refractivity contribution in [2.45, 2.75) is 12.8 Å². The molecule has 0 aliphatic rings. The van der Waals surface area contributed by atoms with E-state index in [0.29, 0.717) is 5.75 Å². The zero-order chi connectivity index (χ0) is 21.9. The first-order valence-electron chi connectivity index (χ1n) is 10.6. The lowest BCUT2D eigenvalue weighted by atomic mass is 10.0. The van der Waals surface area contributed by atoms with Crippen molar-refractivity contribution in [1.29, 1.82) is 0 Å². The molecule has 0 fully saturated rings. The maximum atomic E-state index is 12.5. The molecule has 0 radical (unpaired) electrons. The van der Waals surface area contributed by atoms with Gasteiger partial charge in [-0.15, -0.1) is 0 Å². The summed E-state index contributed by atoms with van der Waals surface area (Å²) in [6, 6.07) is 35.6. The van der Waals surface area contributed by atoms with E-state index >= 15 is 0 Å². The SMILES string of the molecule is CC(C(=O)Oc1ccc(-c2ccc(-c3cc4ccccc4o3)cc2)cc1)c1ccccc1. The molecule has 0 spiro atoms. The van der Waals surface area contributed by atoms with Crippen molar-refractivity contribution >= 4 is 16.9 Å². The summed E-state index contributed by atoms with van der Waals surface area (Å²) in [7, 11) is 0. The van der Waals surface area contributed by atoms with Crippen LogP contribution < -0.4 is 4.74 Å². The van der Waals surface area contributed by atoms with Crippen LogP contribution in [0.15, 0.2) is 114 Å². The number of hydrogen-bond acceptors (Lipinski definition) is 3. The number of rotatable bonds is 5. The van der Waals surface area contributed by atoms with Gasteiger partial charge in [-0.3, -0.25) is 4.79 Å². The number of para-hydroxylation sites is 1. The summed E-state index contributed by atoms with van der Waals surface area (Å²) in [5.41, 5.74) is 5.00. The van der Waals surface area contributed by atoms with Gasteiger partial charge in [-0.05, 0) is 47.9 Å². The van der Waals surface area contributed by atoms with Crippen molar-refractivity contribution in [3.8, 4) is 28.2 Å². The smallest absolute Gasteiger partial charge is 0.318 e. The zero-order valence-corrected chi connectivity index (χ0v) is 17.7. The molecule has 0 bridgehead atoms. The molecule has 3 heteroatoms. The summed E-state index contributed by atoms with van der Waals surface area (Å²) >= 11 is 0. The summed E-state index contributed by atoms with van der Waals surface area (Å²) in [6.07, 6.45) is 0. The zero-order valence-electron chi connectivity index (χ0n) is 17.7. The number of esters is 1. The Labute approximate surface area is 186 Å². The van der Waals surface area contributed by atoms with Crippen LogP contribution >= 0.6 is 0 Å². The van der Waals surface area contributed by atoms with Gasteiger partial charge >= 0.3 is 5.97 Å². The van der Waals surface area contributed by atoms with Gasteiger partial charge < -0.3 is 9.15 Å². The van der Waals surface area contributed by atoms with Gasteiger partial charge in [0.2, 0.25) is 0 Å². The lowest BCUT2D eigenvalue weighted by molar-refractivity contribution is -0.135. The Morgan fingerprint density at radius 2 is 1.31 bits per heavy atom. The molecule has 3 nitrogen and oxygen atoms in total. The van der Waals surface area contributed by atoms with Gasteiger partial charge in [-0.25, -0.2) is 0 Å². The van der Waals surface area contributed by atoms with Crippen LogP contribution in [-0.2, 0) is 4.79 Å². The molecule has 0 aliphatic heterocycles. The molecular formula is C29H22O3. The Morgan fingerprint density at radius 3 is 2.00 bits per heavy atom. The molecule has 0 saturated heterocycles. The van der Waals surface area contributed by atoms with E-state index in [0.717, 1.165) is 39.0 Å². The highest BCUT2D eigenvalue weighted by Gasteiger charge is 2.17. The minimum atomic E-state index is -0.318. The molecule has 0 amide bonds. The van der Waals surface area contributed by atoms with Crippen LogP contribution in [0.4, 0.5) is 0 Å². The highest BCUT2D eigenvalue weighted by atomic mass is 16.5. The number of ether oxygens (including phenoxy) is 1. The first-order valence-corrected chi connectivity index (χ1v) is 10.6. The van der Waals surface area contributed by atoms with Crippen LogP contribution in [-0.4, -0.2) is 5.97 Å². The highest BCUT2D eigenvalue weighted by Crippen LogP contribution is 2.30. The first-order chi connectivity index (χ1) is 15.7. The maximum Gasteiger partial charge on any atom is 0.318 e. The molecule has 1 aromatic heterocycles. The number of fused-ring (bicyclic) bond motifs is 1. The van der Waals surface area contributed by atoms with Gasteiger partial charge in [-0.2, -0.15) is 0 Å². The van der Waals surface area contributed by atoms with E-state index in [9.17, 15) is 4.79 Å². The fourth-order valence-electron chi connectivity index (χ4n) is 3.75. The van der Waals surface area contributed by atoms with E-state index in [1.165, 1.54) is 0 Å². The molecule has 32 heavy (non-hydrogen) atoms. The van der Waals surface area contributed by atoms with Gasteiger partial charge in [0.05, 0.1) is 5.92 Å². The average molecular weight is 418 g/mol. The van der Waals surface area contributed by atoms with Gasteiger partial charge in [0, 0.05) is 10.9 Å². The minimum Gasteiger partial charge on any atom is -0.456 e. The predicted molar refractivity (Wildman–Crippen MR) is 128 cm³/mol. The van der Waals surface area contributed by atoms with E-state index in [1.807, 2.05) is 85.8 Å². The van der Waals surface area contributed by atoms with Crippen molar-refractivity contribution in [2.75, 3.05) is 0 Å². The third-order valence-electron chi connectivity index (χ3n) is 5.65. The maximum absolute atomic E-state index is 12.5. The molecule has 5 rings (SSSR count). The summed E-state index contributed by atoms with van der Waals surface area (Å²) in [6.45, 7) is 1.86. The molecule has 5 aromatic rings. The van der Waals surface area contributed by atoms with Crippen LogP contribution in [0.5, 0.6) is 5.75 Å². The van der Waals surface area contributed by atoms with E-state index in [4.69, 9.17) is 9.15 Å². The van der Waals surface area contributed by atoms with Crippen molar-refractivity contribution in [3.63, 3.8) is 0 Å². The standard InChI is InChI=1S/C29H22O3/c1-20(21-7-3-2-4-8-21)29(30)31-26-17-15-23(16-18-26)22-11-13-24(14-12-22)28-19-25-9-5-6-10-27(25)32-28/h2-20H,1H3. The van der Waals surface area contributed by atoms with Crippen LogP contribution in [0.25, 0.3) is 33.4 Å². The molecule has 0 saturated carbocycles. The monoisotopic (exact) mass is 418 g/mol. The van der Waals surface area contributed by atoms with Gasteiger partial charge in [-0.1, -0.05) is 84.9 Å².